The molecular formula is C20H19FIN3O6. The zero-order valence-electron chi connectivity index (χ0n) is 16.9. The van der Waals surface area contributed by atoms with E-state index in [0.717, 1.165) is 19.8 Å². The second-order valence-corrected chi connectivity index (χ2v) is 8.95. The summed E-state index contributed by atoms with van der Waals surface area (Å²) in [5.41, 5.74) is -2.71. The second kappa shape index (κ2) is 7.57. The van der Waals surface area contributed by atoms with E-state index in [4.69, 9.17) is 9.47 Å². The topological polar surface area (TPSA) is 105 Å². The number of rotatable bonds is 3. The minimum atomic E-state index is -0.877. The first-order chi connectivity index (χ1) is 14.5. The van der Waals surface area contributed by atoms with Gasteiger partial charge < -0.3 is 14.6 Å². The van der Waals surface area contributed by atoms with Gasteiger partial charge in [-0.2, -0.15) is 0 Å². The Labute approximate surface area is 188 Å². The number of ether oxygens (including phenoxy) is 2. The molecule has 1 aromatic carbocycles. The smallest absolute Gasteiger partial charge is 0.337 e. The minimum Gasteiger partial charge on any atom is -0.507 e. The molecule has 0 unspecified atom stereocenters. The normalized spacial score (nSPS) is 18.0. The van der Waals surface area contributed by atoms with Crippen LogP contribution in [0.2, 0.25) is 0 Å². The van der Waals surface area contributed by atoms with Crippen LogP contribution < -0.4 is 16.8 Å². The number of hydrogen-bond donors (Lipinski definition) is 1. The van der Waals surface area contributed by atoms with Crippen LogP contribution in [0, 0.1) is 9.39 Å². The van der Waals surface area contributed by atoms with E-state index in [0.29, 0.717) is 3.57 Å². The molecule has 1 N–H and O–H groups in total. The fourth-order valence-corrected chi connectivity index (χ4v) is 4.12. The summed E-state index contributed by atoms with van der Waals surface area (Å²) in [6, 6.07) is 5.07. The van der Waals surface area contributed by atoms with Gasteiger partial charge in [0.05, 0.1) is 18.8 Å². The molecule has 9 nitrogen and oxygen atoms in total. The lowest BCUT2D eigenvalue weighted by atomic mass is 10.2. The van der Waals surface area contributed by atoms with Gasteiger partial charge in [0.1, 0.15) is 28.7 Å². The van der Waals surface area contributed by atoms with Crippen molar-refractivity contribution >= 4 is 33.6 Å². The van der Waals surface area contributed by atoms with E-state index in [1.54, 1.807) is 19.9 Å². The first-order valence-corrected chi connectivity index (χ1v) is 10.4. The molecule has 1 aliphatic heterocycles. The van der Waals surface area contributed by atoms with Gasteiger partial charge in [-0.05, 0) is 54.6 Å². The van der Waals surface area contributed by atoms with Crippen LogP contribution in [-0.2, 0) is 23.1 Å². The first-order valence-electron chi connectivity index (χ1n) is 9.36. The second-order valence-electron chi connectivity index (χ2n) is 7.71. The van der Waals surface area contributed by atoms with Crippen LogP contribution >= 0.6 is 22.6 Å². The quantitative estimate of drug-likeness (QED) is 0.502. The number of benzene rings is 1. The van der Waals surface area contributed by atoms with Gasteiger partial charge in [0, 0.05) is 16.7 Å². The highest BCUT2D eigenvalue weighted by Crippen LogP contribution is 2.25. The average molecular weight is 543 g/mol. The standard InChI is InChI=1S/C20H19FIN3O6/c1-20(2)30-9-11(31-20)8-24-18(28)16-14(26)7-15(27)23(3)17(16)25(19(24)29)13-5-4-10(22)6-12(13)21/h4-7,11,26H,8-9H2,1-3H3/t11-/m0/s1. The molecule has 11 heteroatoms. The molecule has 31 heavy (non-hydrogen) atoms. The maximum absolute atomic E-state index is 14.9. The molecule has 2 aromatic heterocycles. The van der Waals surface area contributed by atoms with Crippen molar-refractivity contribution in [3.63, 3.8) is 0 Å². The Morgan fingerprint density at radius 3 is 2.58 bits per heavy atom. The molecule has 0 amide bonds. The van der Waals surface area contributed by atoms with Crippen LogP contribution in [0.3, 0.4) is 0 Å². The molecule has 1 saturated heterocycles. The number of nitrogens with zero attached hydrogens (tertiary/aromatic N) is 3. The summed E-state index contributed by atoms with van der Waals surface area (Å²) in [5, 5.41) is 10.1. The Morgan fingerprint density at radius 2 is 1.97 bits per heavy atom. The third-order valence-corrected chi connectivity index (χ3v) is 5.76. The van der Waals surface area contributed by atoms with Gasteiger partial charge in [0.25, 0.3) is 11.1 Å². The molecule has 0 radical (unpaired) electrons. The molecule has 164 valence electrons. The highest BCUT2D eigenvalue weighted by atomic mass is 127. The van der Waals surface area contributed by atoms with E-state index in [2.05, 4.69) is 0 Å². The molecule has 0 bridgehead atoms. The van der Waals surface area contributed by atoms with Gasteiger partial charge in [0.15, 0.2) is 5.79 Å². The molecular weight excluding hydrogens is 524 g/mol. The summed E-state index contributed by atoms with van der Waals surface area (Å²) in [5.74, 6) is -2.20. The molecule has 3 aromatic rings. The zero-order chi connectivity index (χ0) is 22.7. The van der Waals surface area contributed by atoms with Crippen LogP contribution in [0.4, 0.5) is 4.39 Å². The van der Waals surface area contributed by atoms with Crippen molar-refractivity contribution in [2.75, 3.05) is 6.61 Å². The number of aromatic nitrogens is 3. The van der Waals surface area contributed by atoms with Crippen LogP contribution in [0.5, 0.6) is 5.75 Å². The minimum absolute atomic E-state index is 0.147. The van der Waals surface area contributed by atoms with Gasteiger partial charge in [-0.25, -0.2) is 13.8 Å². The molecule has 3 heterocycles. The zero-order valence-corrected chi connectivity index (χ0v) is 19.0. The molecule has 0 spiro atoms. The average Bonchev–Trinajstić information content (AvgIpc) is 3.02. The summed E-state index contributed by atoms with van der Waals surface area (Å²) in [6.45, 7) is 3.38. The number of halogens is 2. The molecule has 4 rings (SSSR count). The Hall–Kier alpha value is -2.51. The predicted molar refractivity (Wildman–Crippen MR) is 118 cm³/mol. The fourth-order valence-electron chi connectivity index (χ4n) is 3.67. The highest BCUT2D eigenvalue weighted by molar-refractivity contribution is 14.1. The number of aromatic hydroxyl groups is 1. The fraction of sp³-hybridized carbons (Fsp3) is 0.350. The summed E-state index contributed by atoms with van der Waals surface area (Å²) < 4.78 is 29.5. The predicted octanol–water partition coefficient (Wildman–Crippen LogP) is 1.45. The number of aryl methyl sites for hydroxylation is 1. The lowest BCUT2D eigenvalue weighted by Crippen LogP contribution is -2.44. The van der Waals surface area contributed by atoms with E-state index >= 15 is 0 Å². The number of hydrogen-bond acceptors (Lipinski definition) is 6. The molecule has 1 aliphatic rings. The third kappa shape index (κ3) is 3.70. The Balaban J connectivity index is 2.08. The van der Waals surface area contributed by atoms with Gasteiger partial charge in [-0.1, -0.05) is 0 Å². The lowest BCUT2D eigenvalue weighted by molar-refractivity contribution is -0.139. The van der Waals surface area contributed by atoms with Crippen molar-refractivity contribution < 1.29 is 19.0 Å². The van der Waals surface area contributed by atoms with Gasteiger partial charge in [-0.3, -0.25) is 18.7 Å². The van der Waals surface area contributed by atoms with Gasteiger partial charge in [-0.15, -0.1) is 0 Å². The largest absolute Gasteiger partial charge is 0.507 e. The van der Waals surface area contributed by atoms with E-state index in [9.17, 15) is 23.9 Å². The van der Waals surface area contributed by atoms with Gasteiger partial charge >= 0.3 is 5.69 Å². The van der Waals surface area contributed by atoms with Crippen molar-refractivity contribution in [2.45, 2.75) is 32.3 Å². The van der Waals surface area contributed by atoms with Crippen LogP contribution in [0.25, 0.3) is 16.7 Å². The van der Waals surface area contributed by atoms with Crippen molar-refractivity contribution in [3.05, 3.63) is 64.8 Å². The summed E-state index contributed by atoms with van der Waals surface area (Å²) in [7, 11) is 1.34. The van der Waals surface area contributed by atoms with Crippen molar-refractivity contribution in [3.8, 4) is 11.4 Å². The monoisotopic (exact) mass is 543 g/mol. The number of fused-ring (bicyclic) bond motifs is 1. The molecule has 0 saturated carbocycles. The van der Waals surface area contributed by atoms with E-state index in [-0.39, 0.29) is 29.9 Å². The molecule has 1 atom stereocenters. The number of pyridine rings is 1. The summed E-state index contributed by atoms with van der Waals surface area (Å²) >= 11 is 1.93. The van der Waals surface area contributed by atoms with Crippen molar-refractivity contribution in [2.24, 2.45) is 7.05 Å². The van der Waals surface area contributed by atoms with Crippen molar-refractivity contribution in [1.82, 2.24) is 13.7 Å². The SMILES string of the molecule is Cn1c(=O)cc(O)c2c(=O)n(C[C@H]3COC(C)(C)O3)c(=O)n(-c3ccc(I)cc3F)c21. The maximum atomic E-state index is 14.9. The summed E-state index contributed by atoms with van der Waals surface area (Å²) in [4.78, 5) is 38.9. The van der Waals surface area contributed by atoms with E-state index in [1.807, 2.05) is 22.6 Å². The maximum Gasteiger partial charge on any atom is 0.337 e. The molecule has 0 aliphatic carbocycles. The van der Waals surface area contributed by atoms with Crippen molar-refractivity contribution in [1.29, 1.82) is 0 Å². The van der Waals surface area contributed by atoms with Crippen LogP contribution in [0.1, 0.15) is 13.8 Å². The lowest BCUT2D eigenvalue weighted by Gasteiger charge is -2.20. The first kappa shape index (κ1) is 21.7. The Bertz CT molecular complexity index is 1390. The van der Waals surface area contributed by atoms with E-state index in [1.165, 1.54) is 19.2 Å². The third-order valence-electron chi connectivity index (χ3n) is 5.09. The Morgan fingerprint density at radius 1 is 1.26 bits per heavy atom. The molecule has 1 fully saturated rings. The summed E-state index contributed by atoms with van der Waals surface area (Å²) in [6.07, 6.45) is -0.609. The van der Waals surface area contributed by atoms with Crippen LogP contribution in [-0.4, -0.2) is 37.3 Å². The van der Waals surface area contributed by atoms with Gasteiger partial charge in [0.2, 0.25) is 0 Å². The van der Waals surface area contributed by atoms with E-state index < -0.39 is 40.3 Å². The van der Waals surface area contributed by atoms with Crippen LogP contribution in [0.15, 0.2) is 38.6 Å². The Kier molecular flexibility index (Phi) is 5.30. The highest BCUT2D eigenvalue weighted by Gasteiger charge is 2.34.